The van der Waals surface area contributed by atoms with Crippen LogP contribution >= 0.6 is 22.6 Å². The fourth-order valence-corrected chi connectivity index (χ4v) is 2.13. The molecule has 1 aliphatic carbocycles. The molecule has 0 radical (unpaired) electrons. The molecule has 0 unspecified atom stereocenters. The van der Waals surface area contributed by atoms with Gasteiger partial charge in [-0.3, -0.25) is 4.79 Å². The number of esters is 1. The van der Waals surface area contributed by atoms with Crippen LogP contribution in [0.2, 0.25) is 0 Å². The molecule has 0 aromatic rings. The molecule has 0 spiro atoms. The van der Waals surface area contributed by atoms with E-state index in [0.717, 1.165) is 22.8 Å². The second kappa shape index (κ2) is 6.73. The van der Waals surface area contributed by atoms with Crippen molar-refractivity contribution in [3.8, 4) is 0 Å². The summed E-state index contributed by atoms with van der Waals surface area (Å²) in [6, 6.07) is 0. The third kappa shape index (κ3) is 5.51. The number of hydrogen-bond acceptors (Lipinski definition) is 2. The Balaban J connectivity index is 2.68. The summed E-state index contributed by atoms with van der Waals surface area (Å²) < 4.78 is 6.64. The van der Waals surface area contributed by atoms with Crippen molar-refractivity contribution in [1.82, 2.24) is 0 Å². The largest absolute Gasteiger partial charge is 0.464 e. The summed E-state index contributed by atoms with van der Waals surface area (Å²) >= 11 is 2.25. The molecule has 1 aliphatic rings. The molecule has 0 atom stereocenters. The van der Waals surface area contributed by atoms with Gasteiger partial charge in [-0.1, -0.05) is 30.9 Å². The van der Waals surface area contributed by atoms with E-state index < -0.39 is 5.41 Å². The highest BCUT2D eigenvalue weighted by molar-refractivity contribution is 14.1. The minimum absolute atomic E-state index is 0.146. The van der Waals surface area contributed by atoms with Gasteiger partial charge in [-0.15, -0.1) is 0 Å². The van der Waals surface area contributed by atoms with Crippen molar-refractivity contribution < 1.29 is 9.53 Å². The molecule has 106 valence electrons. The van der Waals surface area contributed by atoms with Crippen molar-refractivity contribution in [3.63, 3.8) is 0 Å². The predicted molar refractivity (Wildman–Crippen MR) is 88.1 cm³/mol. The van der Waals surface area contributed by atoms with Crippen LogP contribution in [-0.4, -0.2) is 12.6 Å². The van der Waals surface area contributed by atoms with E-state index in [1.54, 1.807) is 0 Å². The fraction of sp³-hybridized carbons (Fsp3) is 0.562. The van der Waals surface area contributed by atoms with Gasteiger partial charge in [0.2, 0.25) is 0 Å². The zero-order valence-corrected chi connectivity index (χ0v) is 14.2. The van der Waals surface area contributed by atoms with Gasteiger partial charge in [0.05, 0.1) is 5.41 Å². The zero-order chi connectivity index (χ0) is 14.5. The monoisotopic (exact) mass is 374 g/mol. The lowest BCUT2D eigenvalue weighted by Gasteiger charge is -2.30. The number of halogens is 1. The first kappa shape index (κ1) is 16.5. The summed E-state index contributed by atoms with van der Waals surface area (Å²) in [6.07, 6.45) is 11.4. The Morgan fingerprint density at radius 1 is 1.37 bits per heavy atom. The van der Waals surface area contributed by atoms with E-state index in [0.29, 0.717) is 6.61 Å². The second-order valence-electron chi connectivity index (χ2n) is 6.12. The molecule has 0 N–H and O–H groups in total. The van der Waals surface area contributed by atoms with Crippen LogP contribution in [0, 0.1) is 10.8 Å². The Kier molecular flexibility index (Phi) is 5.83. The van der Waals surface area contributed by atoms with E-state index >= 15 is 0 Å². The molecule has 1 rings (SSSR count). The van der Waals surface area contributed by atoms with Crippen LogP contribution < -0.4 is 0 Å². The van der Waals surface area contributed by atoms with Crippen LogP contribution in [0.15, 0.2) is 34.5 Å². The van der Waals surface area contributed by atoms with Crippen molar-refractivity contribution in [1.29, 1.82) is 0 Å². The topological polar surface area (TPSA) is 26.3 Å². The molecule has 0 amide bonds. The molecular formula is C16H23IO2. The van der Waals surface area contributed by atoms with Gasteiger partial charge in [0.25, 0.3) is 0 Å². The predicted octanol–water partition coefficient (Wildman–Crippen LogP) is 4.81. The highest BCUT2D eigenvalue weighted by atomic mass is 127. The highest BCUT2D eigenvalue weighted by Gasteiger charge is 2.30. The fourth-order valence-electron chi connectivity index (χ4n) is 1.86. The molecule has 3 heteroatoms. The Morgan fingerprint density at radius 3 is 2.42 bits per heavy atom. The average molecular weight is 374 g/mol. The van der Waals surface area contributed by atoms with Crippen molar-refractivity contribution in [2.24, 2.45) is 10.8 Å². The molecule has 0 aromatic carbocycles. The third-order valence-electron chi connectivity index (χ3n) is 3.12. The molecule has 0 aliphatic heterocycles. The molecule has 0 fully saturated rings. The van der Waals surface area contributed by atoms with Crippen LogP contribution in [0.1, 0.15) is 40.0 Å². The van der Waals surface area contributed by atoms with E-state index in [2.05, 4.69) is 53.5 Å². The number of rotatable bonds is 5. The first-order valence-corrected chi connectivity index (χ1v) is 7.69. The Bertz CT molecular complexity index is 387. The van der Waals surface area contributed by atoms with E-state index in [1.807, 2.05) is 20.8 Å². The summed E-state index contributed by atoms with van der Waals surface area (Å²) in [5, 5.41) is 0. The van der Waals surface area contributed by atoms with E-state index in [9.17, 15) is 4.79 Å². The first-order chi connectivity index (χ1) is 8.75. The minimum Gasteiger partial charge on any atom is -0.464 e. The second-order valence-corrected chi connectivity index (χ2v) is 7.64. The number of allylic oxidation sites excluding steroid dienone is 3. The third-order valence-corrected chi connectivity index (χ3v) is 3.66. The number of carbonyl (C=O) groups excluding carboxylic acids is 1. The average Bonchev–Trinajstić information content (AvgIpc) is 2.34. The molecule has 0 saturated carbocycles. The zero-order valence-electron chi connectivity index (χ0n) is 12.0. The Morgan fingerprint density at radius 2 is 1.95 bits per heavy atom. The van der Waals surface area contributed by atoms with E-state index in [4.69, 9.17) is 4.74 Å². The molecule has 0 bridgehead atoms. The van der Waals surface area contributed by atoms with Crippen LogP contribution in [0.3, 0.4) is 0 Å². The van der Waals surface area contributed by atoms with Crippen LogP contribution in [-0.2, 0) is 9.53 Å². The summed E-state index contributed by atoms with van der Waals surface area (Å²) in [7, 11) is 0. The van der Waals surface area contributed by atoms with Gasteiger partial charge in [-0.25, -0.2) is 0 Å². The number of ether oxygens (including phenoxy) is 1. The normalized spacial score (nSPS) is 17.3. The van der Waals surface area contributed by atoms with Gasteiger partial charge < -0.3 is 4.74 Å². The SMILES string of the molecule is C=C(I)CCC1(COC(=O)C(C)(C)C)C=CCC=C1. The minimum atomic E-state index is -0.448. The maximum Gasteiger partial charge on any atom is 0.311 e. The standard InChI is InChI=1S/C16H23IO2/c1-13(17)8-11-16(9-6-5-7-10-16)12-19-14(18)15(2,3)4/h6-7,9-10H,1,5,8,11-12H2,2-4H3. The van der Waals surface area contributed by atoms with Crippen molar-refractivity contribution in [3.05, 3.63) is 34.5 Å². The van der Waals surface area contributed by atoms with Gasteiger partial charge >= 0.3 is 5.97 Å². The number of carbonyl (C=O) groups is 1. The lowest BCUT2D eigenvalue weighted by atomic mass is 9.80. The molecular weight excluding hydrogens is 351 g/mol. The van der Waals surface area contributed by atoms with Crippen LogP contribution in [0.4, 0.5) is 0 Å². The van der Waals surface area contributed by atoms with Gasteiger partial charge in [-0.2, -0.15) is 0 Å². The van der Waals surface area contributed by atoms with E-state index in [-0.39, 0.29) is 11.4 Å². The summed E-state index contributed by atoms with van der Waals surface area (Å²) in [4.78, 5) is 11.9. The van der Waals surface area contributed by atoms with Crippen molar-refractivity contribution in [2.45, 2.75) is 40.0 Å². The molecule has 0 saturated heterocycles. The lowest BCUT2D eigenvalue weighted by Crippen LogP contribution is -2.30. The van der Waals surface area contributed by atoms with Gasteiger partial charge in [0.1, 0.15) is 6.61 Å². The molecule has 0 heterocycles. The summed E-state index contributed by atoms with van der Waals surface area (Å²) in [5.41, 5.74) is -0.608. The quantitative estimate of drug-likeness (QED) is 0.392. The lowest BCUT2D eigenvalue weighted by molar-refractivity contribution is -0.155. The van der Waals surface area contributed by atoms with Gasteiger partial charge in [0, 0.05) is 5.41 Å². The van der Waals surface area contributed by atoms with Crippen LogP contribution in [0.25, 0.3) is 0 Å². The van der Waals surface area contributed by atoms with Crippen molar-refractivity contribution >= 4 is 28.6 Å². The van der Waals surface area contributed by atoms with Crippen LogP contribution in [0.5, 0.6) is 0 Å². The van der Waals surface area contributed by atoms with Gasteiger partial charge in [-0.05, 0) is 66.2 Å². The molecule has 19 heavy (non-hydrogen) atoms. The van der Waals surface area contributed by atoms with Crippen molar-refractivity contribution in [2.75, 3.05) is 6.61 Å². The Hall–Kier alpha value is -0.580. The highest BCUT2D eigenvalue weighted by Crippen LogP contribution is 2.34. The maximum absolute atomic E-state index is 11.9. The Labute approximate surface area is 130 Å². The summed E-state index contributed by atoms with van der Waals surface area (Å²) in [5.74, 6) is -0.146. The summed E-state index contributed by atoms with van der Waals surface area (Å²) in [6.45, 7) is 9.98. The smallest absolute Gasteiger partial charge is 0.311 e. The molecule has 0 aromatic heterocycles. The maximum atomic E-state index is 11.9. The van der Waals surface area contributed by atoms with Gasteiger partial charge in [0.15, 0.2) is 0 Å². The van der Waals surface area contributed by atoms with E-state index in [1.165, 1.54) is 0 Å². The molecule has 2 nitrogen and oxygen atoms in total. The first-order valence-electron chi connectivity index (χ1n) is 6.61. The number of hydrogen-bond donors (Lipinski definition) is 0.